The van der Waals surface area contributed by atoms with Crippen molar-refractivity contribution in [3.63, 3.8) is 0 Å². The highest BCUT2D eigenvalue weighted by molar-refractivity contribution is 7.11. The zero-order valence-electron chi connectivity index (χ0n) is 14.0. The van der Waals surface area contributed by atoms with Crippen LogP contribution in [-0.2, 0) is 6.54 Å². The molecule has 5 nitrogen and oxygen atoms in total. The van der Waals surface area contributed by atoms with E-state index in [4.69, 9.17) is 0 Å². The molecule has 1 saturated carbocycles. The van der Waals surface area contributed by atoms with E-state index in [1.54, 1.807) is 11.3 Å². The first-order chi connectivity index (χ1) is 10.6. The summed E-state index contributed by atoms with van der Waals surface area (Å²) in [6.07, 6.45) is 3.96. The highest BCUT2D eigenvalue weighted by Crippen LogP contribution is 2.33. The molecule has 0 radical (unpaired) electrons. The first kappa shape index (κ1) is 15.7. The van der Waals surface area contributed by atoms with E-state index in [9.17, 15) is 0 Å². The van der Waals surface area contributed by atoms with E-state index in [1.165, 1.54) is 24.1 Å². The van der Waals surface area contributed by atoms with E-state index < -0.39 is 0 Å². The van der Waals surface area contributed by atoms with Crippen LogP contribution in [0.1, 0.15) is 41.8 Å². The molecule has 1 saturated heterocycles. The SMILES string of the molecule is CN=C(NCc1nc(C)c(C)s1)NC1CC(C)N(C2CC2)C1. The molecule has 6 heteroatoms. The summed E-state index contributed by atoms with van der Waals surface area (Å²) in [6.45, 7) is 8.41. The third-order valence-corrected chi connectivity index (χ3v) is 5.76. The zero-order chi connectivity index (χ0) is 15.7. The van der Waals surface area contributed by atoms with Crippen LogP contribution in [0.2, 0.25) is 0 Å². The van der Waals surface area contributed by atoms with Crippen LogP contribution in [0.15, 0.2) is 4.99 Å². The maximum Gasteiger partial charge on any atom is 0.191 e. The molecule has 122 valence electrons. The molecule has 22 heavy (non-hydrogen) atoms. The zero-order valence-corrected chi connectivity index (χ0v) is 14.8. The van der Waals surface area contributed by atoms with E-state index in [-0.39, 0.29) is 0 Å². The van der Waals surface area contributed by atoms with E-state index in [0.29, 0.717) is 12.1 Å². The van der Waals surface area contributed by atoms with Crippen molar-refractivity contribution < 1.29 is 0 Å². The first-order valence-electron chi connectivity index (χ1n) is 8.22. The summed E-state index contributed by atoms with van der Waals surface area (Å²) in [5, 5.41) is 8.09. The van der Waals surface area contributed by atoms with E-state index in [1.807, 2.05) is 7.05 Å². The van der Waals surface area contributed by atoms with Crippen molar-refractivity contribution in [1.82, 2.24) is 20.5 Å². The predicted molar refractivity (Wildman–Crippen MR) is 92.5 cm³/mol. The summed E-state index contributed by atoms with van der Waals surface area (Å²) in [6, 6.07) is 2.03. The fourth-order valence-electron chi connectivity index (χ4n) is 3.24. The molecule has 0 bridgehead atoms. The van der Waals surface area contributed by atoms with E-state index >= 15 is 0 Å². The Kier molecular flexibility index (Phi) is 4.68. The average Bonchev–Trinajstić information content (AvgIpc) is 3.19. The van der Waals surface area contributed by atoms with Crippen LogP contribution in [0.25, 0.3) is 0 Å². The monoisotopic (exact) mass is 321 g/mol. The number of guanidine groups is 1. The Morgan fingerprint density at radius 2 is 2.18 bits per heavy atom. The number of nitrogens with zero attached hydrogens (tertiary/aromatic N) is 3. The number of nitrogens with one attached hydrogen (secondary N) is 2. The van der Waals surface area contributed by atoms with Gasteiger partial charge in [-0.3, -0.25) is 9.89 Å². The quantitative estimate of drug-likeness (QED) is 0.658. The Balaban J connectivity index is 1.50. The number of rotatable bonds is 4. The maximum absolute atomic E-state index is 4.57. The third kappa shape index (κ3) is 3.60. The highest BCUT2D eigenvalue weighted by Gasteiger charge is 2.38. The molecule has 1 aliphatic heterocycles. The number of thiazole rings is 1. The molecule has 1 aromatic heterocycles. The van der Waals surface area contributed by atoms with Crippen LogP contribution in [0.3, 0.4) is 0 Å². The lowest BCUT2D eigenvalue weighted by molar-refractivity contribution is 0.256. The van der Waals surface area contributed by atoms with Crippen LogP contribution in [0.4, 0.5) is 0 Å². The smallest absolute Gasteiger partial charge is 0.191 e. The van der Waals surface area contributed by atoms with Gasteiger partial charge in [-0.1, -0.05) is 0 Å². The Hall–Kier alpha value is -1.14. The molecular weight excluding hydrogens is 294 g/mol. The van der Waals surface area contributed by atoms with Gasteiger partial charge in [-0.05, 0) is 40.0 Å². The van der Waals surface area contributed by atoms with Gasteiger partial charge in [-0.25, -0.2) is 4.98 Å². The van der Waals surface area contributed by atoms with Crippen molar-refractivity contribution in [3.8, 4) is 0 Å². The van der Waals surface area contributed by atoms with Gasteiger partial charge < -0.3 is 10.6 Å². The normalized spacial score (nSPS) is 26.5. The van der Waals surface area contributed by atoms with Gasteiger partial charge in [0.15, 0.2) is 5.96 Å². The van der Waals surface area contributed by atoms with Gasteiger partial charge in [-0.2, -0.15) is 0 Å². The second-order valence-corrected chi connectivity index (χ2v) is 7.82. The number of hydrogen-bond donors (Lipinski definition) is 2. The molecule has 2 heterocycles. The van der Waals surface area contributed by atoms with E-state index in [2.05, 4.69) is 46.3 Å². The molecule has 2 atom stereocenters. The molecule has 0 amide bonds. The Morgan fingerprint density at radius 1 is 1.41 bits per heavy atom. The number of aromatic nitrogens is 1. The second-order valence-electron chi connectivity index (χ2n) is 6.53. The van der Waals surface area contributed by atoms with Crippen LogP contribution >= 0.6 is 11.3 Å². The summed E-state index contributed by atoms with van der Waals surface area (Å²) in [4.78, 5) is 12.9. The molecule has 3 rings (SSSR count). The molecule has 1 aromatic rings. The molecular formula is C16H27N5S. The lowest BCUT2D eigenvalue weighted by Crippen LogP contribution is -2.44. The molecule has 2 unspecified atom stereocenters. The standard InChI is InChI=1S/C16H27N5S/c1-10-7-13(9-21(10)14-5-6-14)20-16(17-4)18-8-15-19-11(2)12(3)22-15/h10,13-14H,5-9H2,1-4H3,(H2,17,18,20). The minimum Gasteiger partial charge on any atom is -0.352 e. The number of aliphatic imine (C=N–C) groups is 1. The third-order valence-electron chi connectivity index (χ3n) is 4.68. The van der Waals surface area contributed by atoms with Gasteiger partial charge in [0, 0.05) is 36.6 Å². The predicted octanol–water partition coefficient (Wildman–Crippen LogP) is 2.05. The lowest BCUT2D eigenvalue weighted by atomic mass is 10.2. The van der Waals surface area contributed by atoms with Crippen molar-refractivity contribution in [2.45, 2.75) is 64.7 Å². The summed E-state index contributed by atoms with van der Waals surface area (Å²) in [7, 11) is 1.84. The molecule has 2 aliphatic rings. The number of hydrogen-bond acceptors (Lipinski definition) is 4. The second kappa shape index (κ2) is 6.54. The van der Waals surface area contributed by atoms with Gasteiger partial charge >= 0.3 is 0 Å². The van der Waals surface area contributed by atoms with Crippen molar-refractivity contribution in [3.05, 3.63) is 15.6 Å². The van der Waals surface area contributed by atoms with Crippen molar-refractivity contribution in [2.75, 3.05) is 13.6 Å². The summed E-state index contributed by atoms with van der Waals surface area (Å²) in [5.74, 6) is 0.889. The molecule has 1 aliphatic carbocycles. The van der Waals surface area contributed by atoms with Gasteiger partial charge in [0.2, 0.25) is 0 Å². The molecule has 0 spiro atoms. The van der Waals surface area contributed by atoms with Gasteiger partial charge in [-0.15, -0.1) is 11.3 Å². The van der Waals surface area contributed by atoms with Crippen molar-refractivity contribution in [2.24, 2.45) is 4.99 Å². The minimum atomic E-state index is 0.501. The minimum absolute atomic E-state index is 0.501. The van der Waals surface area contributed by atoms with Crippen molar-refractivity contribution >= 4 is 17.3 Å². The summed E-state index contributed by atoms with van der Waals surface area (Å²) >= 11 is 1.76. The number of aryl methyl sites for hydroxylation is 2. The van der Waals surface area contributed by atoms with Gasteiger partial charge in [0.25, 0.3) is 0 Å². The maximum atomic E-state index is 4.57. The van der Waals surface area contributed by atoms with Gasteiger partial charge in [0.05, 0.1) is 12.2 Å². The Labute approximate surface area is 137 Å². The summed E-state index contributed by atoms with van der Waals surface area (Å²) in [5.41, 5.74) is 1.13. The molecule has 0 aromatic carbocycles. The van der Waals surface area contributed by atoms with Crippen LogP contribution < -0.4 is 10.6 Å². The topological polar surface area (TPSA) is 52.6 Å². The van der Waals surface area contributed by atoms with Crippen LogP contribution in [0.5, 0.6) is 0 Å². The molecule has 2 fully saturated rings. The number of likely N-dealkylation sites (tertiary alicyclic amines) is 1. The first-order valence-corrected chi connectivity index (χ1v) is 9.04. The Morgan fingerprint density at radius 3 is 2.77 bits per heavy atom. The largest absolute Gasteiger partial charge is 0.352 e. The summed E-state index contributed by atoms with van der Waals surface area (Å²) < 4.78 is 0. The van der Waals surface area contributed by atoms with Gasteiger partial charge in [0.1, 0.15) is 5.01 Å². The van der Waals surface area contributed by atoms with E-state index in [0.717, 1.165) is 35.8 Å². The molecule has 2 N–H and O–H groups in total. The average molecular weight is 321 g/mol. The fourth-order valence-corrected chi connectivity index (χ4v) is 4.11. The lowest BCUT2D eigenvalue weighted by Gasteiger charge is -2.20. The van der Waals surface area contributed by atoms with Crippen molar-refractivity contribution in [1.29, 1.82) is 0 Å². The van der Waals surface area contributed by atoms with Crippen LogP contribution in [-0.4, -0.2) is 47.6 Å². The van der Waals surface area contributed by atoms with Crippen LogP contribution in [0, 0.1) is 13.8 Å². The Bertz CT molecular complexity index is 529. The fraction of sp³-hybridized carbons (Fsp3) is 0.750. The highest BCUT2D eigenvalue weighted by atomic mass is 32.1.